The number of phenolic OH excluding ortho intramolecular Hbond substituents is 1. The van der Waals surface area contributed by atoms with Gasteiger partial charge in [-0.3, -0.25) is 9.59 Å². The van der Waals surface area contributed by atoms with Crippen molar-refractivity contribution in [1.29, 1.82) is 0 Å². The van der Waals surface area contributed by atoms with Crippen molar-refractivity contribution in [2.24, 2.45) is 5.73 Å². The maximum Gasteiger partial charge on any atom is 0.241 e. The van der Waals surface area contributed by atoms with Crippen molar-refractivity contribution >= 4 is 18.3 Å². The number of carbonyl (C=O) groups is 2. The van der Waals surface area contributed by atoms with Crippen molar-refractivity contribution in [2.45, 2.75) is 0 Å². The average Bonchev–Trinajstić information content (AvgIpc) is 2.16. The number of nitrogens with two attached hydrogens (primary N) is 1. The Morgan fingerprint density at radius 1 is 1.43 bits per heavy atom. The molecule has 0 aliphatic heterocycles. The summed E-state index contributed by atoms with van der Waals surface area (Å²) in [5, 5.41) is 9.17. The van der Waals surface area contributed by atoms with Gasteiger partial charge in [0.25, 0.3) is 0 Å². The van der Waals surface area contributed by atoms with Gasteiger partial charge in [0.2, 0.25) is 5.91 Å². The molecule has 0 fully saturated rings. The van der Waals surface area contributed by atoms with Gasteiger partial charge in [0.05, 0.1) is 5.56 Å². The minimum absolute atomic E-state index is 0.0868. The number of carbonyl (C=O) groups excluding carboxylic acids is 2. The lowest BCUT2D eigenvalue weighted by Crippen LogP contribution is -2.05. The fraction of sp³-hybridized carbons (Fsp3) is 0. The molecule has 14 heavy (non-hydrogen) atoms. The van der Waals surface area contributed by atoms with E-state index in [1.807, 2.05) is 0 Å². The van der Waals surface area contributed by atoms with Crippen LogP contribution in [0.5, 0.6) is 5.75 Å². The minimum Gasteiger partial charge on any atom is -0.507 e. The number of phenols is 1. The van der Waals surface area contributed by atoms with Crippen LogP contribution in [-0.4, -0.2) is 17.3 Å². The lowest BCUT2D eigenvalue weighted by atomic mass is 10.1. The fourth-order valence-electron chi connectivity index (χ4n) is 0.949. The van der Waals surface area contributed by atoms with E-state index in [1.165, 1.54) is 24.3 Å². The second-order valence-electron chi connectivity index (χ2n) is 2.67. The third kappa shape index (κ3) is 2.45. The highest BCUT2D eigenvalue weighted by Crippen LogP contribution is 2.16. The number of primary amides is 1. The molecule has 0 atom stereocenters. The molecule has 0 bridgehead atoms. The van der Waals surface area contributed by atoms with E-state index in [-0.39, 0.29) is 11.3 Å². The zero-order valence-electron chi connectivity index (χ0n) is 7.31. The van der Waals surface area contributed by atoms with E-state index < -0.39 is 5.91 Å². The SMILES string of the molecule is NC(=O)C=Cc1ccc(O)c(C=O)c1. The number of rotatable bonds is 3. The molecule has 0 aromatic heterocycles. The molecule has 0 unspecified atom stereocenters. The normalized spacial score (nSPS) is 10.3. The summed E-state index contributed by atoms with van der Waals surface area (Å²) < 4.78 is 0. The number of hydrogen-bond donors (Lipinski definition) is 2. The molecule has 3 N–H and O–H groups in total. The van der Waals surface area contributed by atoms with Crippen molar-refractivity contribution in [3.8, 4) is 5.75 Å². The van der Waals surface area contributed by atoms with Gasteiger partial charge in [-0.15, -0.1) is 0 Å². The molecule has 0 aliphatic carbocycles. The molecule has 4 nitrogen and oxygen atoms in total. The highest BCUT2D eigenvalue weighted by molar-refractivity contribution is 5.90. The molecule has 0 radical (unpaired) electrons. The Kier molecular flexibility index (Phi) is 3.01. The van der Waals surface area contributed by atoms with E-state index in [2.05, 4.69) is 0 Å². The summed E-state index contributed by atoms with van der Waals surface area (Å²) in [7, 11) is 0. The Balaban J connectivity index is 3.01. The average molecular weight is 191 g/mol. The lowest BCUT2D eigenvalue weighted by Gasteiger charge is -1.97. The van der Waals surface area contributed by atoms with Crippen LogP contribution >= 0.6 is 0 Å². The molecule has 0 aliphatic rings. The van der Waals surface area contributed by atoms with Gasteiger partial charge in [0, 0.05) is 6.08 Å². The Morgan fingerprint density at radius 2 is 2.14 bits per heavy atom. The lowest BCUT2D eigenvalue weighted by molar-refractivity contribution is -0.113. The quantitative estimate of drug-likeness (QED) is 0.545. The molecule has 1 aromatic rings. The Hall–Kier alpha value is -2.10. The number of hydrogen-bond acceptors (Lipinski definition) is 3. The molecule has 4 heteroatoms. The van der Waals surface area contributed by atoms with Crippen LogP contribution in [0.25, 0.3) is 6.08 Å². The van der Waals surface area contributed by atoms with Gasteiger partial charge in [-0.25, -0.2) is 0 Å². The summed E-state index contributed by atoms with van der Waals surface area (Å²) in [6, 6.07) is 4.41. The zero-order valence-corrected chi connectivity index (χ0v) is 7.31. The molecule has 0 saturated heterocycles. The van der Waals surface area contributed by atoms with Gasteiger partial charge >= 0.3 is 0 Å². The summed E-state index contributed by atoms with van der Waals surface area (Å²) in [5.74, 6) is -0.651. The largest absolute Gasteiger partial charge is 0.507 e. The van der Waals surface area contributed by atoms with Crippen LogP contribution in [-0.2, 0) is 4.79 Å². The molecule has 0 spiro atoms. The van der Waals surface area contributed by atoms with Crippen LogP contribution in [0.4, 0.5) is 0 Å². The van der Waals surface area contributed by atoms with Gasteiger partial charge in [0.15, 0.2) is 6.29 Å². The third-order valence-electron chi connectivity index (χ3n) is 1.62. The van der Waals surface area contributed by atoms with Crippen LogP contribution in [0.1, 0.15) is 15.9 Å². The number of aromatic hydroxyl groups is 1. The molecule has 1 aromatic carbocycles. The molecule has 1 amide bonds. The zero-order chi connectivity index (χ0) is 10.6. The summed E-state index contributed by atoms with van der Waals surface area (Å²) >= 11 is 0. The fourth-order valence-corrected chi connectivity index (χ4v) is 0.949. The third-order valence-corrected chi connectivity index (χ3v) is 1.62. The summed E-state index contributed by atoms with van der Waals surface area (Å²) in [6.45, 7) is 0. The van der Waals surface area contributed by atoms with E-state index in [9.17, 15) is 9.59 Å². The maximum absolute atomic E-state index is 10.4. The first-order chi connectivity index (χ1) is 6.63. The summed E-state index contributed by atoms with van der Waals surface area (Å²) in [4.78, 5) is 20.9. The topological polar surface area (TPSA) is 80.4 Å². The van der Waals surface area contributed by atoms with Crippen molar-refractivity contribution in [3.05, 3.63) is 35.4 Å². The smallest absolute Gasteiger partial charge is 0.241 e. The standard InChI is InChI=1S/C10H9NO3/c11-10(14)4-2-7-1-3-9(13)8(5-7)6-12/h1-6,13H,(H2,11,14). The predicted molar refractivity (Wildman–Crippen MR) is 51.7 cm³/mol. The van der Waals surface area contributed by atoms with E-state index in [0.29, 0.717) is 11.8 Å². The molecule has 0 heterocycles. The summed E-state index contributed by atoms with van der Waals surface area (Å²) in [6.07, 6.45) is 3.19. The first-order valence-electron chi connectivity index (χ1n) is 3.89. The Labute approximate surface area is 80.7 Å². The van der Waals surface area contributed by atoms with Crippen LogP contribution in [0.2, 0.25) is 0 Å². The molecule has 0 saturated carbocycles. The number of amides is 1. The first kappa shape index (κ1) is 9.98. The second kappa shape index (κ2) is 4.23. The molecule has 1 rings (SSSR count). The van der Waals surface area contributed by atoms with Gasteiger partial charge in [-0.1, -0.05) is 6.07 Å². The highest BCUT2D eigenvalue weighted by Gasteiger charge is 1.99. The van der Waals surface area contributed by atoms with Gasteiger partial charge in [0.1, 0.15) is 5.75 Å². The van der Waals surface area contributed by atoms with Crippen molar-refractivity contribution < 1.29 is 14.7 Å². The highest BCUT2D eigenvalue weighted by atomic mass is 16.3. The maximum atomic E-state index is 10.4. The van der Waals surface area contributed by atoms with E-state index in [4.69, 9.17) is 10.8 Å². The first-order valence-corrected chi connectivity index (χ1v) is 3.89. The summed E-state index contributed by atoms with van der Waals surface area (Å²) in [5.41, 5.74) is 5.70. The molecular weight excluding hydrogens is 182 g/mol. The van der Waals surface area contributed by atoms with Gasteiger partial charge in [-0.2, -0.15) is 0 Å². The van der Waals surface area contributed by atoms with Gasteiger partial charge < -0.3 is 10.8 Å². The predicted octanol–water partition coefficient (Wildman–Crippen LogP) is 0.703. The Morgan fingerprint density at radius 3 is 2.71 bits per heavy atom. The monoisotopic (exact) mass is 191 g/mol. The molecule has 72 valence electrons. The number of aldehydes is 1. The van der Waals surface area contributed by atoms with Gasteiger partial charge in [-0.05, 0) is 23.8 Å². The van der Waals surface area contributed by atoms with Crippen LogP contribution in [0.3, 0.4) is 0 Å². The van der Waals surface area contributed by atoms with E-state index in [0.717, 1.165) is 0 Å². The second-order valence-corrected chi connectivity index (χ2v) is 2.67. The van der Waals surface area contributed by atoms with Crippen LogP contribution in [0, 0.1) is 0 Å². The van der Waals surface area contributed by atoms with Crippen molar-refractivity contribution in [2.75, 3.05) is 0 Å². The van der Waals surface area contributed by atoms with Crippen LogP contribution in [0.15, 0.2) is 24.3 Å². The number of benzene rings is 1. The molecular formula is C10H9NO3. The minimum atomic E-state index is -0.564. The van der Waals surface area contributed by atoms with E-state index >= 15 is 0 Å². The van der Waals surface area contributed by atoms with Crippen LogP contribution < -0.4 is 5.73 Å². The van der Waals surface area contributed by atoms with Crippen molar-refractivity contribution in [1.82, 2.24) is 0 Å². The van der Waals surface area contributed by atoms with Crippen molar-refractivity contribution in [3.63, 3.8) is 0 Å². The Bertz CT molecular complexity index is 396. The van der Waals surface area contributed by atoms with E-state index in [1.54, 1.807) is 6.07 Å².